The van der Waals surface area contributed by atoms with Gasteiger partial charge in [-0.1, -0.05) is 43.0 Å². The Bertz CT molecular complexity index is 1060. The standard InChI is InChI=1S/C23H26ClNO6S/c1-30-21-12-9-18(23(27)31-15-20(26)17-5-3-2-4-6-17)13-22(21)32(28,29)25-14-16-7-10-19(24)11-8-16/h7-13,17,25H,2-6,14-15H2,1H3. The highest BCUT2D eigenvalue weighted by Crippen LogP contribution is 2.27. The SMILES string of the molecule is COc1ccc(C(=O)OCC(=O)C2CCCCC2)cc1S(=O)(=O)NCc1ccc(Cl)cc1. The largest absolute Gasteiger partial charge is 0.495 e. The van der Waals surface area contributed by atoms with Gasteiger partial charge in [0.2, 0.25) is 10.0 Å². The van der Waals surface area contributed by atoms with Gasteiger partial charge in [-0.2, -0.15) is 0 Å². The molecule has 3 rings (SSSR count). The number of hydrogen-bond acceptors (Lipinski definition) is 6. The lowest BCUT2D eigenvalue weighted by atomic mass is 9.86. The molecule has 0 saturated heterocycles. The Morgan fingerprint density at radius 3 is 2.41 bits per heavy atom. The normalized spacial score (nSPS) is 14.7. The Hall–Kier alpha value is -2.42. The molecule has 0 heterocycles. The summed E-state index contributed by atoms with van der Waals surface area (Å²) in [6.07, 6.45) is 4.78. The molecule has 1 aliphatic rings. The number of ketones is 1. The first kappa shape index (κ1) is 24.2. The zero-order valence-electron chi connectivity index (χ0n) is 17.8. The van der Waals surface area contributed by atoms with Crippen molar-refractivity contribution < 1.29 is 27.5 Å². The van der Waals surface area contributed by atoms with E-state index in [-0.39, 0.29) is 41.1 Å². The van der Waals surface area contributed by atoms with Crippen molar-refractivity contribution in [2.24, 2.45) is 5.92 Å². The third-order valence-electron chi connectivity index (χ3n) is 5.47. The number of hydrogen-bond donors (Lipinski definition) is 1. The average molecular weight is 480 g/mol. The summed E-state index contributed by atoms with van der Waals surface area (Å²) >= 11 is 5.85. The molecule has 7 nitrogen and oxygen atoms in total. The van der Waals surface area contributed by atoms with E-state index >= 15 is 0 Å². The lowest BCUT2D eigenvalue weighted by Gasteiger charge is -2.20. The number of nitrogens with one attached hydrogen (secondary N) is 1. The quantitative estimate of drug-likeness (QED) is 0.543. The molecule has 1 N–H and O–H groups in total. The smallest absolute Gasteiger partial charge is 0.338 e. The van der Waals surface area contributed by atoms with Gasteiger partial charge in [0.15, 0.2) is 12.4 Å². The van der Waals surface area contributed by atoms with Crippen molar-refractivity contribution in [2.45, 2.75) is 43.5 Å². The third kappa shape index (κ3) is 6.31. The molecule has 0 amide bonds. The van der Waals surface area contributed by atoms with Crippen molar-refractivity contribution in [1.29, 1.82) is 0 Å². The van der Waals surface area contributed by atoms with Gasteiger partial charge in [0, 0.05) is 17.5 Å². The van der Waals surface area contributed by atoms with Crippen molar-refractivity contribution in [3.05, 3.63) is 58.6 Å². The minimum Gasteiger partial charge on any atom is -0.495 e. The van der Waals surface area contributed by atoms with Crippen LogP contribution in [0.5, 0.6) is 5.75 Å². The lowest BCUT2D eigenvalue weighted by Crippen LogP contribution is -2.25. The van der Waals surface area contributed by atoms with E-state index in [1.165, 1.54) is 25.3 Å². The highest BCUT2D eigenvalue weighted by atomic mass is 35.5. The molecular weight excluding hydrogens is 454 g/mol. The fraction of sp³-hybridized carbons (Fsp3) is 0.391. The second kappa shape index (κ2) is 10.9. The summed E-state index contributed by atoms with van der Waals surface area (Å²) in [5, 5.41) is 0.548. The van der Waals surface area contributed by atoms with Crippen LogP contribution in [0.25, 0.3) is 0 Å². The van der Waals surface area contributed by atoms with Crippen LogP contribution in [0, 0.1) is 5.92 Å². The van der Waals surface area contributed by atoms with Crippen LogP contribution in [-0.4, -0.2) is 33.9 Å². The molecule has 0 bridgehead atoms. The van der Waals surface area contributed by atoms with Gasteiger partial charge in [-0.15, -0.1) is 0 Å². The van der Waals surface area contributed by atoms with Crippen LogP contribution in [0.1, 0.15) is 48.0 Å². The van der Waals surface area contributed by atoms with E-state index in [0.717, 1.165) is 32.1 Å². The van der Waals surface area contributed by atoms with Crippen LogP contribution in [0.4, 0.5) is 0 Å². The molecule has 1 fully saturated rings. The molecule has 1 aliphatic carbocycles. The van der Waals surface area contributed by atoms with E-state index in [4.69, 9.17) is 21.1 Å². The molecule has 0 spiro atoms. The summed E-state index contributed by atoms with van der Waals surface area (Å²) in [7, 11) is -2.66. The first-order chi connectivity index (χ1) is 15.3. The van der Waals surface area contributed by atoms with Gasteiger partial charge >= 0.3 is 5.97 Å². The second-order valence-electron chi connectivity index (χ2n) is 7.69. The van der Waals surface area contributed by atoms with E-state index in [1.54, 1.807) is 24.3 Å². The number of rotatable bonds is 9. The highest BCUT2D eigenvalue weighted by molar-refractivity contribution is 7.89. The number of methoxy groups -OCH3 is 1. The first-order valence-corrected chi connectivity index (χ1v) is 12.3. The van der Waals surface area contributed by atoms with Crippen molar-refractivity contribution in [3.8, 4) is 5.75 Å². The molecule has 0 aliphatic heterocycles. The molecule has 0 aromatic heterocycles. The number of Topliss-reactive ketones (excluding diaryl/α,β-unsaturated/α-hetero) is 1. The fourth-order valence-electron chi connectivity index (χ4n) is 3.63. The minimum atomic E-state index is -4.00. The number of carbonyl (C=O) groups excluding carboxylic acids is 2. The molecule has 32 heavy (non-hydrogen) atoms. The van der Waals surface area contributed by atoms with Crippen LogP contribution in [0.3, 0.4) is 0 Å². The lowest BCUT2D eigenvalue weighted by molar-refractivity contribution is -0.126. The maximum atomic E-state index is 12.9. The Morgan fingerprint density at radius 1 is 1.06 bits per heavy atom. The third-order valence-corrected chi connectivity index (χ3v) is 7.15. The number of benzene rings is 2. The topological polar surface area (TPSA) is 98.8 Å². The van der Waals surface area contributed by atoms with Gasteiger partial charge in [-0.3, -0.25) is 4.79 Å². The average Bonchev–Trinajstić information content (AvgIpc) is 2.82. The highest BCUT2D eigenvalue weighted by Gasteiger charge is 2.24. The Morgan fingerprint density at radius 2 is 1.75 bits per heavy atom. The zero-order chi connectivity index (χ0) is 23.1. The molecule has 2 aromatic carbocycles. The maximum Gasteiger partial charge on any atom is 0.338 e. The molecule has 0 radical (unpaired) electrons. The number of ether oxygens (including phenoxy) is 2. The van der Waals surface area contributed by atoms with E-state index in [1.807, 2.05) is 0 Å². The molecule has 9 heteroatoms. The van der Waals surface area contributed by atoms with Gasteiger partial charge in [0.25, 0.3) is 0 Å². The van der Waals surface area contributed by atoms with Crippen molar-refractivity contribution >= 4 is 33.4 Å². The summed E-state index contributed by atoms with van der Waals surface area (Å²) in [5.74, 6) is -0.834. The molecular formula is C23H26ClNO6S. The van der Waals surface area contributed by atoms with E-state index in [9.17, 15) is 18.0 Å². The van der Waals surface area contributed by atoms with Crippen LogP contribution < -0.4 is 9.46 Å². The maximum absolute atomic E-state index is 12.9. The van der Waals surface area contributed by atoms with E-state index < -0.39 is 16.0 Å². The Labute approximate surface area is 193 Å². The second-order valence-corrected chi connectivity index (χ2v) is 9.87. The molecule has 172 valence electrons. The summed E-state index contributed by atoms with van der Waals surface area (Å²) in [6.45, 7) is -0.278. The van der Waals surface area contributed by atoms with E-state index in [0.29, 0.717) is 10.6 Å². The van der Waals surface area contributed by atoms with Gasteiger partial charge < -0.3 is 9.47 Å². The van der Waals surface area contributed by atoms with Crippen molar-refractivity contribution in [3.63, 3.8) is 0 Å². The van der Waals surface area contributed by atoms with Crippen LogP contribution in [0.2, 0.25) is 5.02 Å². The predicted molar refractivity (Wildman–Crippen MR) is 120 cm³/mol. The summed E-state index contributed by atoms with van der Waals surface area (Å²) in [5.41, 5.74) is 0.739. The van der Waals surface area contributed by atoms with Gasteiger partial charge in [0.1, 0.15) is 10.6 Å². The number of esters is 1. The number of halogens is 1. The first-order valence-electron chi connectivity index (χ1n) is 10.4. The summed E-state index contributed by atoms with van der Waals surface area (Å²) in [4.78, 5) is 24.6. The minimum absolute atomic E-state index is 0.0223. The molecule has 0 unspecified atom stereocenters. The number of sulfonamides is 1. The van der Waals surface area contributed by atoms with E-state index in [2.05, 4.69) is 4.72 Å². The van der Waals surface area contributed by atoms with Gasteiger partial charge in [-0.25, -0.2) is 17.9 Å². The molecule has 1 saturated carbocycles. The number of carbonyl (C=O) groups is 2. The molecule has 2 aromatic rings. The van der Waals surface area contributed by atoms with Gasteiger partial charge in [-0.05, 0) is 48.7 Å². The monoisotopic (exact) mass is 479 g/mol. The summed E-state index contributed by atoms with van der Waals surface area (Å²) in [6, 6.07) is 10.7. The van der Waals surface area contributed by atoms with Gasteiger partial charge in [0.05, 0.1) is 12.7 Å². The van der Waals surface area contributed by atoms with Crippen LogP contribution >= 0.6 is 11.6 Å². The van der Waals surface area contributed by atoms with Crippen molar-refractivity contribution in [2.75, 3.05) is 13.7 Å². The zero-order valence-corrected chi connectivity index (χ0v) is 19.4. The summed E-state index contributed by atoms with van der Waals surface area (Å²) < 4.78 is 38.6. The van der Waals surface area contributed by atoms with Crippen LogP contribution in [0.15, 0.2) is 47.4 Å². The Kier molecular flexibility index (Phi) is 8.28. The Balaban J connectivity index is 1.70. The van der Waals surface area contributed by atoms with Crippen LogP contribution in [-0.2, 0) is 26.1 Å². The van der Waals surface area contributed by atoms with Crippen molar-refractivity contribution in [1.82, 2.24) is 4.72 Å². The molecule has 0 atom stereocenters. The predicted octanol–water partition coefficient (Wildman–Crippen LogP) is 4.13. The fourth-order valence-corrected chi connectivity index (χ4v) is 4.97.